The van der Waals surface area contributed by atoms with Crippen molar-refractivity contribution in [2.75, 3.05) is 11.9 Å². The van der Waals surface area contributed by atoms with Crippen molar-refractivity contribution in [3.8, 4) is 5.75 Å². The Morgan fingerprint density at radius 3 is 2.35 bits per heavy atom. The monoisotopic (exact) mass is 319 g/mol. The van der Waals surface area contributed by atoms with E-state index < -0.39 is 17.5 Å². The van der Waals surface area contributed by atoms with E-state index in [2.05, 4.69) is 5.32 Å². The van der Waals surface area contributed by atoms with Crippen LogP contribution in [0.1, 0.15) is 23.7 Å². The van der Waals surface area contributed by atoms with Crippen molar-refractivity contribution in [3.05, 3.63) is 59.7 Å². The minimum absolute atomic E-state index is 0.0992. The number of hydrogen-bond acceptors (Lipinski definition) is 3. The van der Waals surface area contributed by atoms with Crippen LogP contribution in [0.2, 0.25) is 0 Å². The van der Waals surface area contributed by atoms with Crippen LogP contribution in [0.4, 0.5) is 14.5 Å². The molecule has 0 atom stereocenters. The maximum Gasteiger partial charge on any atom is 0.262 e. The molecule has 0 aliphatic rings. The number of benzene rings is 2. The highest BCUT2D eigenvalue weighted by Crippen LogP contribution is 2.21. The van der Waals surface area contributed by atoms with Crippen molar-refractivity contribution in [1.29, 1.82) is 0 Å². The van der Waals surface area contributed by atoms with Gasteiger partial charge in [-0.05, 0) is 42.5 Å². The molecule has 0 saturated heterocycles. The summed E-state index contributed by atoms with van der Waals surface area (Å²) in [6.07, 6.45) is 0.196. The van der Waals surface area contributed by atoms with E-state index in [1.165, 1.54) is 30.3 Å². The first-order chi connectivity index (χ1) is 11.0. The van der Waals surface area contributed by atoms with Gasteiger partial charge >= 0.3 is 0 Å². The number of halogens is 2. The standard InChI is InChI=1S/C17H15F2NO3/c1-2-15(21)14-9-12(19)5-8-16(14)23-10-17(22)20-13-6-3-11(18)4-7-13/h3-9H,2,10H2,1H3,(H,20,22). The molecule has 4 nitrogen and oxygen atoms in total. The van der Waals surface area contributed by atoms with Crippen LogP contribution in [0.5, 0.6) is 5.75 Å². The minimum atomic E-state index is -0.551. The molecule has 2 aromatic rings. The van der Waals surface area contributed by atoms with Gasteiger partial charge in [-0.2, -0.15) is 0 Å². The lowest BCUT2D eigenvalue weighted by Crippen LogP contribution is -2.20. The second kappa shape index (κ2) is 7.49. The number of ketones is 1. The fraction of sp³-hybridized carbons (Fsp3) is 0.176. The fourth-order valence-electron chi connectivity index (χ4n) is 1.91. The zero-order valence-electron chi connectivity index (χ0n) is 12.4. The molecule has 6 heteroatoms. The first-order valence-corrected chi connectivity index (χ1v) is 7.00. The predicted octanol–water partition coefficient (Wildman–Crippen LogP) is 3.58. The number of carbonyl (C=O) groups excluding carboxylic acids is 2. The molecular weight excluding hydrogens is 304 g/mol. The van der Waals surface area contributed by atoms with Crippen LogP contribution in [0.15, 0.2) is 42.5 Å². The molecule has 0 heterocycles. The first kappa shape index (κ1) is 16.6. The van der Waals surface area contributed by atoms with E-state index in [-0.39, 0.29) is 30.1 Å². The molecule has 0 bridgehead atoms. The van der Waals surface area contributed by atoms with Gasteiger partial charge in [-0.3, -0.25) is 9.59 Å². The van der Waals surface area contributed by atoms with Crippen LogP contribution in [-0.4, -0.2) is 18.3 Å². The molecule has 0 aromatic heterocycles. The van der Waals surface area contributed by atoms with Crippen molar-refractivity contribution in [3.63, 3.8) is 0 Å². The van der Waals surface area contributed by atoms with Crippen molar-refractivity contribution >= 4 is 17.4 Å². The number of anilines is 1. The third-order valence-electron chi connectivity index (χ3n) is 3.05. The molecule has 23 heavy (non-hydrogen) atoms. The van der Waals surface area contributed by atoms with E-state index in [0.29, 0.717) is 5.69 Å². The molecule has 0 saturated carbocycles. The number of amides is 1. The average molecular weight is 319 g/mol. The SMILES string of the molecule is CCC(=O)c1cc(F)ccc1OCC(=O)Nc1ccc(F)cc1. The molecule has 0 aliphatic heterocycles. The Morgan fingerprint density at radius 1 is 1.04 bits per heavy atom. The Labute approximate surface area is 132 Å². The van der Waals surface area contributed by atoms with Gasteiger partial charge < -0.3 is 10.1 Å². The summed E-state index contributed by atoms with van der Waals surface area (Å²) in [6.45, 7) is 1.30. The lowest BCUT2D eigenvalue weighted by molar-refractivity contribution is -0.118. The Bertz CT molecular complexity index is 714. The van der Waals surface area contributed by atoms with Gasteiger partial charge in [0.25, 0.3) is 5.91 Å². The summed E-state index contributed by atoms with van der Waals surface area (Å²) in [4.78, 5) is 23.6. The third kappa shape index (κ3) is 4.60. The number of ether oxygens (including phenoxy) is 1. The smallest absolute Gasteiger partial charge is 0.262 e. The lowest BCUT2D eigenvalue weighted by atomic mass is 10.1. The summed E-state index contributed by atoms with van der Waals surface area (Å²) in [7, 11) is 0. The molecule has 0 spiro atoms. The molecule has 1 N–H and O–H groups in total. The van der Waals surface area contributed by atoms with Gasteiger partial charge in [-0.15, -0.1) is 0 Å². The van der Waals surface area contributed by atoms with E-state index in [9.17, 15) is 18.4 Å². The molecule has 0 unspecified atom stereocenters. The number of rotatable bonds is 6. The van der Waals surface area contributed by atoms with Crippen LogP contribution in [0, 0.1) is 11.6 Å². The quantitative estimate of drug-likeness (QED) is 0.828. The largest absolute Gasteiger partial charge is 0.483 e. The van der Waals surface area contributed by atoms with E-state index in [0.717, 1.165) is 12.1 Å². The molecule has 2 rings (SSSR count). The molecule has 120 valence electrons. The highest BCUT2D eigenvalue weighted by Gasteiger charge is 2.13. The maximum absolute atomic E-state index is 13.2. The summed E-state index contributed by atoms with van der Waals surface area (Å²) in [5, 5.41) is 2.52. The van der Waals surface area contributed by atoms with E-state index in [4.69, 9.17) is 4.74 Å². The lowest BCUT2D eigenvalue weighted by Gasteiger charge is -2.11. The van der Waals surface area contributed by atoms with Crippen molar-refractivity contribution in [1.82, 2.24) is 0 Å². The van der Waals surface area contributed by atoms with E-state index in [1.54, 1.807) is 6.92 Å². The zero-order valence-corrected chi connectivity index (χ0v) is 12.4. The van der Waals surface area contributed by atoms with Gasteiger partial charge in [0.1, 0.15) is 17.4 Å². The van der Waals surface area contributed by atoms with Crippen LogP contribution < -0.4 is 10.1 Å². The predicted molar refractivity (Wildman–Crippen MR) is 81.5 cm³/mol. The van der Waals surface area contributed by atoms with Gasteiger partial charge in [-0.25, -0.2) is 8.78 Å². The Morgan fingerprint density at radius 2 is 1.70 bits per heavy atom. The van der Waals surface area contributed by atoms with Crippen molar-refractivity contribution < 1.29 is 23.1 Å². The molecule has 2 aromatic carbocycles. The topological polar surface area (TPSA) is 55.4 Å². The fourth-order valence-corrected chi connectivity index (χ4v) is 1.91. The summed E-state index contributed by atoms with van der Waals surface area (Å²) in [5.41, 5.74) is 0.519. The van der Waals surface area contributed by atoms with E-state index >= 15 is 0 Å². The Balaban J connectivity index is 2.01. The average Bonchev–Trinajstić information content (AvgIpc) is 2.55. The summed E-state index contributed by atoms with van der Waals surface area (Å²) < 4.78 is 31.3. The van der Waals surface area contributed by atoms with Crippen molar-refractivity contribution in [2.45, 2.75) is 13.3 Å². The summed E-state index contributed by atoms with van der Waals surface area (Å²) in [6, 6.07) is 8.80. The summed E-state index contributed by atoms with van der Waals surface area (Å²) in [5.74, 6) is -1.57. The van der Waals surface area contributed by atoms with Gasteiger partial charge in [0.15, 0.2) is 12.4 Å². The van der Waals surface area contributed by atoms with Crippen LogP contribution in [0.3, 0.4) is 0 Å². The maximum atomic E-state index is 13.2. The normalized spacial score (nSPS) is 10.2. The molecule has 0 aliphatic carbocycles. The highest BCUT2D eigenvalue weighted by molar-refractivity contribution is 5.98. The first-order valence-electron chi connectivity index (χ1n) is 7.00. The minimum Gasteiger partial charge on any atom is -0.483 e. The third-order valence-corrected chi connectivity index (χ3v) is 3.05. The van der Waals surface area contributed by atoms with E-state index in [1.807, 2.05) is 0 Å². The zero-order chi connectivity index (χ0) is 16.8. The number of carbonyl (C=O) groups is 2. The molecule has 0 radical (unpaired) electrons. The van der Waals surface area contributed by atoms with Gasteiger partial charge in [0.2, 0.25) is 0 Å². The molecule has 1 amide bonds. The summed E-state index contributed by atoms with van der Waals surface area (Å²) >= 11 is 0. The Kier molecular flexibility index (Phi) is 5.41. The van der Waals surface area contributed by atoms with Gasteiger partial charge in [0.05, 0.1) is 5.56 Å². The second-order valence-electron chi connectivity index (χ2n) is 4.76. The van der Waals surface area contributed by atoms with Gasteiger partial charge in [0, 0.05) is 12.1 Å². The van der Waals surface area contributed by atoms with Crippen molar-refractivity contribution in [2.24, 2.45) is 0 Å². The van der Waals surface area contributed by atoms with Gasteiger partial charge in [-0.1, -0.05) is 6.92 Å². The highest BCUT2D eigenvalue weighted by atomic mass is 19.1. The van der Waals surface area contributed by atoms with Crippen LogP contribution in [-0.2, 0) is 4.79 Å². The molecule has 0 fully saturated rings. The molecular formula is C17H15F2NO3. The number of nitrogens with one attached hydrogen (secondary N) is 1. The van der Waals surface area contributed by atoms with Crippen LogP contribution >= 0.6 is 0 Å². The van der Waals surface area contributed by atoms with Crippen LogP contribution in [0.25, 0.3) is 0 Å². The number of hydrogen-bond donors (Lipinski definition) is 1. The number of Topliss-reactive ketones (excluding diaryl/α,β-unsaturated/α-hetero) is 1. The Hall–Kier alpha value is -2.76. The second-order valence-corrected chi connectivity index (χ2v) is 4.76.